The summed E-state index contributed by atoms with van der Waals surface area (Å²) < 4.78 is 0. The van der Waals surface area contributed by atoms with Crippen molar-refractivity contribution >= 4 is 5.91 Å². The zero-order chi connectivity index (χ0) is 8.69. The molecule has 4 N–H and O–H groups in total. The summed E-state index contributed by atoms with van der Waals surface area (Å²) in [6, 6.07) is -0.771. The highest BCUT2D eigenvalue weighted by molar-refractivity contribution is 5.81. The number of nitrogens with one attached hydrogen (secondary N) is 1. The standard InChI is InChI=1S/C7H16N2O2/c1-2-3-4-9-7(11)6(8)5-10/h6,10H,2-5,8H2,1H3,(H,9,11)/t6-/m0/s1/i9+1. The Morgan fingerprint density at radius 2 is 2.36 bits per heavy atom. The average Bonchev–Trinajstić information content (AvgIpc) is 2.03. The van der Waals surface area contributed by atoms with Crippen molar-refractivity contribution in [2.75, 3.05) is 13.2 Å². The number of aliphatic hydroxyl groups is 1. The van der Waals surface area contributed by atoms with E-state index in [0.717, 1.165) is 12.8 Å². The first kappa shape index (κ1) is 10.4. The molecule has 0 aromatic carbocycles. The van der Waals surface area contributed by atoms with Crippen LogP contribution in [0.3, 0.4) is 0 Å². The zero-order valence-corrected chi connectivity index (χ0v) is 6.84. The molecule has 0 aliphatic heterocycles. The number of carbonyl (C=O) groups is 1. The van der Waals surface area contributed by atoms with E-state index in [0.29, 0.717) is 6.54 Å². The molecule has 0 aromatic heterocycles. The second kappa shape index (κ2) is 6.12. The van der Waals surface area contributed by atoms with Gasteiger partial charge in [-0.25, -0.2) is 0 Å². The summed E-state index contributed by atoms with van der Waals surface area (Å²) in [5.74, 6) is -0.277. The number of aliphatic hydroxyl groups excluding tert-OH is 1. The Bertz CT molecular complexity index is 117. The second-order valence-corrected chi connectivity index (χ2v) is 2.43. The van der Waals surface area contributed by atoms with Gasteiger partial charge in [0.1, 0.15) is 6.04 Å². The van der Waals surface area contributed by atoms with E-state index in [4.69, 9.17) is 10.8 Å². The minimum absolute atomic E-state index is 0.277. The molecule has 0 spiro atoms. The van der Waals surface area contributed by atoms with Crippen LogP contribution in [0.5, 0.6) is 0 Å². The first-order chi connectivity index (χ1) is 5.22. The third kappa shape index (κ3) is 4.75. The number of hydrogen-bond donors (Lipinski definition) is 3. The van der Waals surface area contributed by atoms with Gasteiger partial charge in [0.15, 0.2) is 0 Å². The smallest absolute Gasteiger partial charge is 0.239 e. The van der Waals surface area contributed by atoms with Gasteiger partial charge in [-0.3, -0.25) is 4.79 Å². The number of amides is 1. The number of carbonyl (C=O) groups excluding carboxylic acids is 1. The van der Waals surface area contributed by atoms with Crippen molar-refractivity contribution in [3.63, 3.8) is 0 Å². The monoisotopic (exact) mass is 161 g/mol. The number of hydrogen-bond acceptors (Lipinski definition) is 3. The van der Waals surface area contributed by atoms with Crippen LogP contribution in [0.4, 0.5) is 0 Å². The molecule has 0 saturated heterocycles. The lowest BCUT2D eigenvalue weighted by Gasteiger charge is -2.08. The van der Waals surface area contributed by atoms with Crippen LogP contribution in [0.25, 0.3) is 0 Å². The van der Waals surface area contributed by atoms with Crippen LogP contribution in [0.2, 0.25) is 0 Å². The van der Waals surface area contributed by atoms with Gasteiger partial charge >= 0.3 is 0 Å². The number of unbranched alkanes of at least 4 members (excludes halogenated alkanes) is 1. The second-order valence-electron chi connectivity index (χ2n) is 2.43. The maximum absolute atomic E-state index is 10.9. The van der Waals surface area contributed by atoms with Crippen LogP contribution < -0.4 is 11.1 Å². The van der Waals surface area contributed by atoms with Gasteiger partial charge in [-0.1, -0.05) is 13.3 Å². The number of nitrogens with two attached hydrogens (primary N) is 1. The molecule has 11 heavy (non-hydrogen) atoms. The van der Waals surface area contributed by atoms with E-state index in [2.05, 4.69) is 5.32 Å². The van der Waals surface area contributed by atoms with Crippen LogP contribution in [-0.4, -0.2) is 30.2 Å². The van der Waals surface area contributed by atoms with Gasteiger partial charge in [0.2, 0.25) is 5.91 Å². The summed E-state index contributed by atoms with van der Waals surface area (Å²) in [6.07, 6.45) is 1.98. The van der Waals surface area contributed by atoms with Gasteiger partial charge in [-0.2, -0.15) is 0 Å². The molecule has 0 radical (unpaired) electrons. The van der Waals surface area contributed by atoms with E-state index in [1.807, 2.05) is 6.92 Å². The van der Waals surface area contributed by atoms with E-state index >= 15 is 0 Å². The van der Waals surface area contributed by atoms with Crippen molar-refractivity contribution in [1.29, 1.82) is 0 Å². The SMILES string of the molecule is CCCC[15NH]C(=O)[C@@H](N)CO. The van der Waals surface area contributed by atoms with Crippen molar-refractivity contribution in [3.8, 4) is 0 Å². The molecule has 0 saturated carbocycles. The first-order valence-corrected chi connectivity index (χ1v) is 3.86. The van der Waals surface area contributed by atoms with Crippen molar-refractivity contribution in [3.05, 3.63) is 0 Å². The molecule has 4 heteroatoms. The van der Waals surface area contributed by atoms with E-state index in [9.17, 15) is 4.79 Å². The summed E-state index contributed by atoms with van der Waals surface area (Å²) in [6.45, 7) is 2.39. The van der Waals surface area contributed by atoms with Crippen molar-refractivity contribution in [1.82, 2.24) is 5.32 Å². The Kier molecular flexibility index (Phi) is 5.78. The van der Waals surface area contributed by atoms with Crippen LogP contribution >= 0.6 is 0 Å². The molecule has 1 atom stereocenters. The average molecular weight is 161 g/mol. The fourth-order valence-electron chi connectivity index (χ4n) is 0.602. The van der Waals surface area contributed by atoms with Gasteiger partial charge in [-0.15, -0.1) is 0 Å². The third-order valence-electron chi connectivity index (χ3n) is 1.36. The van der Waals surface area contributed by atoms with Gasteiger partial charge in [-0.05, 0) is 6.42 Å². The molecule has 0 rings (SSSR count). The van der Waals surface area contributed by atoms with Crippen molar-refractivity contribution in [2.24, 2.45) is 5.73 Å². The predicted molar refractivity (Wildman–Crippen MR) is 43.0 cm³/mol. The van der Waals surface area contributed by atoms with Crippen molar-refractivity contribution in [2.45, 2.75) is 25.8 Å². The molecule has 0 aromatic rings. The summed E-state index contributed by atoms with van der Waals surface area (Å²) in [5, 5.41) is 11.1. The Balaban J connectivity index is 3.36. The Labute approximate surface area is 66.8 Å². The lowest BCUT2D eigenvalue weighted by molar-refractivity contribution is -0.123. The fourth-order valence-corrected chi connectivity index (χ4v) is 0.602. The quantitative estimate of drug-likeness (QED) is 0.366. The highest BCUT2D eigenvalue weighted by Crippen LogP contribution is 1.83. The molecule has 0 aliphatic carbocycles. The molecule has 0 heterocycles. The molecule has 0 fully saturated rings. The van der Waals surface area contributed by atoms with Gasteiger partial charge in [0, 0.05) is 6.54 Å². The van der Waals surface area contributed by atoms with Gasteiger partial charge in [0.05, 0.1) is 6.61 Å². The fraction of sp³-hybridized carbons (Fsp3) is 0.857. The lowest BCUT2D eigenvalue weighted by Crippen LogP contribution is -2.43. The summed E-state index contributed by atoms with van der Waals surface area (Å²) in [5.41, 5.74) is 5.24. The minimum Gasteiger partial charge on any atom is -0.394 e. The summed E-state index contributed by atoms with van der Waals surface area (Å²) in [4.78, 5) is 10.9. The molecular weight excluding hydrogens is 145 g/mol. The van der Waals surface area contributed by atoms with E-state index < -0.39 is 6.04 Å². The Hall–Kier alpha value is -0.610. The van der Waals surface area contributed by atoms with Crippen molar-refractivity contribution < 1.29 is 9.90 Å². The first-order valence-electron chi connectivity index (χ1n) is 3.86. The highest BCUT2D eigenvalue weighted by Gasteiger charge is 2.09. The van der Waals surface area contributed by atoms with E-state index in [1.54, 1.807) is 0 Å². The Morgan fingerprint density at radius 1 is 1.73 bits per heavy atom. The highest BCUT2D eigenvalue weighted by atomic mass is 16.3. The summed E-state index contributed by atoms with van der Waals surface area (Å²) >= 11 is 0. The van der Waals surface area contributed by atoms with Crippen LogP contribution in [0.15, 0.2) is 0 Å². The van der Waals surface area contributed by atoms with Crippen LogP contribution in [-0.2, 0) is 4.79 Å². The van der Waals surface area contributed by atoms with E-state index in [-0.39, 0.29) is 12.5 Å². The molecule has 1 amide bonds. The molecule has 4 nitrogen and oxygen atoms in total. The molecule has 0 unspecified atom stereocenters. The normalized spacial score (nSPS) is 12.6. The topological polar surface area (TPSA) is 75.4 Å². The maximum atomic E-state index is 10.9. The zero-order valence-electron chi connectivity index (χ0n) is 6.84. The van der Waals surface area contributed by atoms with E-state index in [1.165, 1.54) is 0 Å². The number of rotatable bonds is 5. The molecular formula is C7H16N2O2. The molecule has 66 valence electrons. The minimum atomic E-state index is -0.771. The van der Waals surface area contributed by atoms with Crippen LogP contribution in [0, 0.1) is 0 Å². The molecule has 0 aliphatic rings. The Morgan fingerprint density at radius 3 is 2.82 bits per heavy atom. The lowest BCUT2D eigenvalue weighted by atomic mass is 10.3. The predicted octanol–water partition coefficient (Wildman–Crippen LogP) is -0.778. The maximum Gasteiger partial charge on any atom is 0.239 e. The van der Waals surface area contributed by atoms with Gasteiger partial charge < -0.3 is 16.2 Å². The molecule has 0 bridgehead atoms. The summed E-state index contributed by atoms with van der Waals surface area (Å²) in [7, 11) is 0. The van der Waals surface area contributed by atoms with Crippen LogP contribution in [0.1, 0.15) is 19.8 Å². The van der Waals surface area contributed by atoms with Gasteiger partial charge in [0.25, 0.3) is 0 Å². The largest absolute Gasteiger partial charge is 0.394 e. The third-order valence-corrected chi connectivity index (χ3v) is 1.36.